The smallest absolute Gasteiger partial charge is 0.253 e. The molecule has 0 bridgehead atoms. The predicted molar refractivity (Wildman–Crippen MR) is 133 cm³/mol. The lowest BCUT2D eigenvalue weighted by Crippen LogP contribution is -2.44. The molecule has 0 spiro atoms. The van der Waals surface area contributed by atoms with Crippen molar-refractivity contribution in [3.8, 4) is 5.75 Å². The maximum atomic E-state index is 13.1. The molecule has 0 radical (unpaired) electrons. The summed E-state index contributed by atoms with van der Waals surface area (Å²) >= 11 is 0. The molecule has 1 atom stereocenters. The van der Waals surface area contributed by atoms with Gasteiger partial charge in [0.25, 0.3) is 5.91 Å². The van der Waals surface area contributed by atoms with E-state index >= 15 is 0 Å². The zero-order valence-corrected chi connectivity index (χ0v) is 20.0. The van der Waals surface area contributed by atoms with Crippen LogP contribution in [0.3, 0.4) is 0 Å². The Hall–Kier alpha value is -3.26. The molecule has 1 amide bonds. The Labute approximate surface area is 200 Å². The molecule has 178 valence electrons. The molecule has 1 aromatic carbocycles. The number of nitrogens with zero attached hydrogens (tertiary/aromatic N) is 6. The summed E-state index contributed by atoms with van der Waals surface area (Å²) in [5.41, 5.74) is 4.62. The summed E-state index contributed by atoms with van der Waals surface area (Å²) in [6.07, 6.45) is 6.43. The van der Waals surface area contributed by atoms with E-state index in [-0.39, 0.29) is 11.8 Å². The van der Waals surface area contributed by atoms with Crippen molar-refractivity contribution >= 4 is 22.6 Å². The van der Waals surface area contributed by atoms with Crippen LogP contribution in [0.4, 0.5) is 5.69 Å². The highest BCUT2D eigenvalue weighted by Crippen LogP contribution is 2.32. The lowest BCUT2D eigenvalue weighted by Gasteiger charge is -2.33. The van der Waals surface area contributed by atoms with Crippen LogP contribution >= 0.6 is 0 Å². The topological polar surface area (TPSA) is 74.7 Å². The summed E-state index contributed by atoms with van der Waals surface area (Å²) < 4.78 is 5.21. The lowest BCUT2D eigenvalue weighted by molar-refractivity contribution is 0.0761. The van der Waals surface area contributed by atoms with Crippen LogP contribution in [0.25, 0.3) is 11.0 Å². The van der Waals surface area contributed by atoms with Gasteiger partial charge in [0.05, 0.1) is 30.2 Å². The van der Waals surface area contributed by atoms with Crippen LogP contribution in [0, 0.1) is 0 Å². The molecule has 34 heavy (non-hydrogen) atoms. The van der Waals surface area contributed by atoms with E-state index in [1.165, 1.54) is 0 Å². The average Bonchev–Trinajstić information content (AvgIpc) is 3.14. The lowest BCUT2D eigenvalue weighted by atomic mass is 9.95. The maximum absolute atomic E-state index is 13.1. The summed E-state index contributed by atoms with van der Waals surface area (Å²) in [5, 5.41) is 0. The number of carbonyl (C=O) groups excluding carboxylic acids is 1. The Kier molecular flexibility index (Phi) is 6.58. The Balaban J connectivity index is 1.31. The molecule has 2 fully saturated rings. The molecule has 2 aliphatic rings. The van der Waals surface area contributed by atoms with Crippen LogP contribution in [-0.4, -0.2) is 84.1 Å². The molecule has 2 aromatic heterocycles. The third-order valence-electron chi connectivity index (χ3n) is 7.10. The number of hydrogen-bond acceptors (Lipinski definition) is 7. The number of benzene rings is 1. The molecule has 3 aromatic rings. The predicted octanol–water partition coefficient (Wildman–Crippen LogP) is 3.20. The second-order valence-electron chi connectivity index (χ2n) is 9.26. The summed E-state index contributed by atoms with van der Waals surface area (Å²) in [5.74, 6) is 1.10. The van der Waals surface area contributed by atoms with Gasteiger partial charge >= 0.3 is 0 Å². The van der Waals surface area contributed by atoms with E-state index < -0.39 is 0 Å². The molecule has 1 unspecified atom stereocenters. The molecular formula is C26H32N6O2. The normalized spacial score (nSPS) is 19.8. The molecule has 2 saturated heterocycles. The highest BCUT2D eigenvalue weighted by Gasteiger charge is 2.25. The minimum atomic E-state index is 0.0748. The van der Waals surface area contributed by atoms with Gasteiger partial charge in [-0.05, 0) is 56.6 Å². The zero-order chi connectivity index (χ0) is 23.5. The first kappa shape index (κ1) is 22.5. The van der Waals surface area contributed by atoms with Crippen molar-refractivity contribution in [3.05, 3.63) is 54.1 Å². The van der Waals surface area contributed by atoms with Crippen LogP contribution in [-0.2, 0) is 0 Å². The van der Waals surface area contributed by atoms with Crippen molar-refractivity contribution in [2.75, 3.05) is 58.3 Å². The summed E-state index contributed by atoms with van der Waals surface area (Å²) in [6, 6.07) is 9.49. The SMILES string of the molecule is COc1ccc(C(=O)N2CCCC(c3ncnc4cc(N5CCN(C)CC5)cnc34)CC2)cc1. The van der Waals surface area contributed by atoms with E-state index in [2.05, 4.69) is 32.9 Å². The van der Waals surface area contributed by atoms with Crippen LogP contribution < -0.4 is 9.64 Å². The van der Waals surface area contributed by atoms with Gasteiger partial charge in [0, 0.05) is 50.7 Å². The summed E-state index contributed by atoms with van der Waals surface area (Å²) in [6.45, 7) is 5.58. The number of likely N-dealkylation sites (tertiary alicyclic amines) is 1. The minimum absolute atomic E-state index is 0.0748. The highest BCUT2D eigenvalue weighted by molar-refractivity contribution is 5.94. The number of carbonyl (C=O) groups is 1. The Morgan fingerprint density at radius 3 is 2.53 bits per heavy atom. The van der Waals surface area contributed by atoms with Gasteiger partial charge in [-0.2, -0.15) is 0 Å². The van der Waals surface area contributed by atoms with Gasteiger partial charge in [0.15, 0.2) is 0 Å². The average molecular weight is 461 g/mol. The molecule has 0 N–H and O–H groups in total. The molecular weight excluding hydrogens is 428 g/mol. The van der Waals surface area contributed by atoms with Gasteiger partial charge in [-0.3, -0.25) is 9.78 Å². The number of methoxy groups -OCH3 is 1. The van der Waals surface area contributed by atoms with E-state index in [4.69, 9.17) is 9.72 Å². The standard InChI is InChI=1S/C26H32N6O2/c1-30-12-14-31(15-13-30)21-16-23-25(27-17-21)24(29-18-28-23)19-4-3-10-32(11-9-19)26(33)20-5-7-22(34-2)8-6-20/h5-8,16-19H,3-4,9-15H2,1-2H3. The molecule has 0 aliphatic carbocycles. The van der Waals surface area contributed by atoms with Crippen molar-refractivity contribution in [1.29, 1.82) is 0 Å². The van der Waals surface area contributed by atoms with E-state index in [9.17, 15) is 4.79 Å². The molecule has 4 heterocycles. The van der Waals surface area contributed by atoms with Gasteiger partial charge < -0.3 is 19.4 Å². The number of anilines is 1. The Morgan fingerprint density at radius 1 is 0.971 bits per heavy atom. The number of ether oxygens (including phenoxy) is 1. The number of likely N-dealkylation sites (N-methyl/N-ethyl adjacent to an activating group) is 1. The number of pyridine rings is 1. The largest absolute Gasteiger partial charge is 0.497 e. The van der Waals surface area contributed by atoms with Gasteiger partial charge in [0.2, 0.25) is 0 Å². The van der Waals surface area contributed by atoms with Crippen molar-refractivity contribution in [1.82, 2.24) is 24.8 Å². The van der Waals surface area contributed by atoms with Crippen molar-refractivity contribution in [3.63, 3.8) is 0 Å². The van der Waals surface area contributed by atoms with E-state index in [1.54, 1.807) is 13.4 Å². The first-order chi connectivity index (χ1) is 16.6. The van der Waals surface area contributed by atoms with E-state index in [0.29, 0.717) is 12.1 Å². The van der Waals surface area contributed by atoms with Crippen LogP contribution in [0.1, 0.15) is 41.2 Å². The molecule has 0 saturated carbocycles. The summed E-state index contributed by atoms with van der Waals surface area (Å²) in [4.78, 5) is 33.8. The molecule has 5 rings (SSSR count). The first-order valence-electron chi connectivity index (χ1n) is 12.1. The second-order valence-corrected chi connectivity index (χ2v) is 9.26. The van der Waals surface area contributed by atoms with Gasteiger partial charge in [-0.1, -0.05) is 0 Å². The number of amides is 1. The number of hydrogen-bond donors (Lipinski definition) is 0. The molecule has 8 heteroatoms. The van der Waals surface area contributed by atoms with Crippen molar-refractivity contribution in [2.45, 2.75) is 25.2 Å². The number of piperazine rings is 1. The van der Waals surface area contributed by atoms with Crippen LogP contribution in [0.5, 0.6) is 5.75 Å². The fourth-order valence-corrected chi connectivity index (χ4v) is 4.98. The van der Waals surface area contributed by atoms with Crippen molar-refractivity contribution in [2.24, 2.45) is 0 Å². The van der Waals surface area contributed by atoms with Gasteiger partial charge in [-0.15, -0.1) is 0 Å². The van der Waals surface area contributed by atoms with E-state index in [0.717, 1.165) is 80.2 Å². The maximum Gasteiger partial charge on any atom is 0.253 e. The molecule has 8 nitrogen and oxygen atoms in total. The van der Waals surface area contributed by atoms with E-state index in [1.807, 2.05) is 35.4 Å². The first-order valence-corrected chi connectivity index (χ1v) is 12.1. The van der Waals surface area contributed by atoms with Gasteiger partial charge in [0.1, 0.15) is 17.6 Å². The fourth-order valence-electron chi connectivity index (χ4n) is 4.98. The minimum Gasteiger partial charge on any atom is -0.497 e. The third kappa shape index (κ3) is 4.68. The van der Waals surface area contributed by atoms with Crippen molar-refractivity contribution < 1.29 is 9.53 Å². The summed E-state index contributed by atoms with van der Waals surface area (Å²) in [7, 11) is 3.79. The van der Waals surface area contributed by atoms with Gasteiger partial charge in [-0.25, -0.2) is 9.97 Å². The Bertz CT molecular complexity index is 1140. The zero-order valence-electron chi connectivity index (χ0n) is 20.0. The Morgan fingerprint density at radius 2 is 1.76 bits per heavy atom. The highest BCUT2D eigenvalue weighted by atomic mass is 16.5. The number of fused-ring (bicyclic) bond motifs is 1. The quantitative estimate of drug-likeness (QED) is 0.592. The van der Waals surface area contributed by atoms with Crippen LogP contribution in [0.15, 0.2) is 42.9 Å². The second kappa shape index (κ2) is 9.93. The fraction of sp³-hybridized carbons (Fsp3) is 0.462. The third-order valence-corrected chi connectivity index (χ3v) is 7.10. The number of aromatic nitrogens is 3. The number of rotatable bonds is 4. The monoisotopic (exact) mass is 460 g/mol. The van der Waals surface area contributed by atoms with Crippen LogP contribution in [0.2, 0.25) is 0 Å². The molecule has 2 aliphatic heterocycles.